The van der Waals surface area contributed by atoms with Crippen molar-refractivity contribution in [2.45, 2.75) is 58.4 Å². The van der Waals surface area contributed by atoms with Gasteiger partial charge < -0.3 is 9.88 Å². The highest BCUT2D eigenvalue weighted by atomic mass is 79.9. The van der Waals surface area contributed by atoms with E-state index in [-0.39, 0.29) is 40.3 Å². The van der Waals surface area contributed by atoms with Crippen LogP contribution >= 0.6 is 15.9 Å². The third-order valence-corrected chi connectivity index (χ3v) is 8.99. The Morgan fingerprint density at radius 3 is 2.53 bits per heavy atom. The third-order valence-electron chi connectivity index (χ3n) is 8.50. The Morgan fingerprint density at radius 1 is 1.17 bits per heavy atom. The first-order valence-corrected chi connectivity index (χ1v) is 13.6. The number of carbonyl (C=O) groups excluding carboxylic acids is 1. The molecule has 1 aliphatic heterocycles. The van der Waals surface area contributed by atoms with Gasteiger partial charge in [-0.25, -0.2) is 4.98 Å². The summed E-state index contributed by atoms with van der Waals surface area (Å²) in [4.78, 5) is 23.6. The summed E-state index contributed by atoms with van der Waals surface area (Å²) in [6, 6.07) is 10.2. The molecule has 0 unspecified atom stereocenters. The number of halogens is 3. The predicted octanol–water partition coefficient (Wildman–Crippen LogP) is 7.70. The fourth-order valence-electron chi connectivity index (χ4n) is 6.23. The second kappa shape index (κ2) is 8.23. The largest absolute Gasteiger partial charge is 0.340 e. The fraction of sp³-hybridized carbons (Fsp3) is 0.448. The van der Waals surface area contributed by atoms with Crippen molar-refractivity contribution in [2.75, 3.05) is 6.54 Å². The number of aromatic nitrogens is 2. The van der Waals surface area contributed by atoms with Gasteiger partial charge in [-0.3, -0.25) is 4.79 Å². The van der Waals surface area contributed by atoms with Gasteiger partial charge in [0.25, 0.3) is 5.92 Å². The standard InChI is InChI=1S/C29H30BrF2N3O/c1-4-19(16(2)3)27(36)35-15-28(9-10-28)13-25(35)26-33-14-24(34-26)17-5-7-20-21-8-6-18(30)12-23(21)29(31,32)22(20)11-17/h5-8,11-12,14,16,19,25H,4,9-10,13,15H2,1-3H3,(H,33,34)/t19-,25-/m0/s1. The molecule has 2 atom stereocenters. The highest BCUT2D eigenvalue weighted by Gasteiger charge is 2.55. The maximum atomic E-state index is 15.4. The number of carbonyl (C=O) groups is 1. The monoisotopic (exact) mass is 553 g/mol. The first-order valence-electron chi connectivity index (χ1n) is 12.8. The molecule has 0 radical (unpaired) electrons. The van der Waals surface area contributed by atoms with Crippen LogP contribution in [0.4, 0.5) is 8.78 Å². The van der Waals surface area contributed by atoms with Crippen LogP contribution in [0.3, 0.4) is 0 Å². The molecule has 2 aromatic carbocycles. The number of aromatic amines is 1. The molecule has 3 aromatic rings. The molecular formula is C29H30BrF2N3O. The van der Waals surface area contributed by atoms with E-state index in [0.717, 1.165) is 38.1 Å². The lowest BCUT2D eigenvalue weighted by Crippen LogP contribution is -2.38. The number of rotatable bonds is 5. The summed E-state index contributed by atoms with van der Waals surface area (Å²) in [6.07, 6.45) is 5.74. The van der Waals surface area contributed by atoms with Crippen LogP contribution in [0.25, 0.3) is 22.4 Å². The quantitative estimate of drug-likeness (QED) is 0.352. The van der Waals surface area contributed by atoms with Crippen molar-refractivity contribution in [1.82, 2.24) is 14.9 Å². The fourth-order valence-corrected chi connectivity index (χ4v) is 6.59. The number of H-pyrrole nitrogens is 1. The van der Waals surface area contributed by atoms with Crippen molar-refractivity contribution < 1.29 is 13.6 Å². The summed E-state index contributed by atoms with van der Waals surface area (Å²) in [5, 5.41) is 0. The van der Waals surface area contributed by atoms with Crippen LogP contribution in [0.1, 0.15) is 69.4 Å². The van der Waals surface area contributed by atoms with Gasteiger partial charge in [-0.05, 0) is 66.3 Å². The average Bonchev–Trinajstić information content (AvgIpc) is 3.17. The molecular weight excluding hydrogens is 524 g/mol. The van der Waals surface area contributed by atoms with E-state index < -0.39 is 5.92 Å². The number of imidazole rings is 1. The van der Waals surface area contributed by atoms with E-state index in [0.29, 0.717) is 26.9 Å². The lowest BCUT2D eigenvalue weighted by molar-refractivity contribution is -0.138. The topological polar surface area (TPSA) is 49.0 Å². The van der Waals surface area contributed by atoms with Crippen molar-refractivity contribution in [1.29, 1.82) is 0 Å². The average molecular weight is 554 g/mol. The molecule has 2 aliphatic carbocycles. The van der Waals surface area contributed by atoms with Gasteiger partial charge in [0.05, 0.1) is 17.9 Å². The second-order valence-corrected chi connectivity index (χ2v) is 12.1. The maximum Gasteiger partial charge on any atom is 0.299 e. The van der Waals surface area contributed by atoms with Crippen LogP contribution < -0.4 is 0 Å². The number of hydrogen-bond donors (Lipinski definition) is 1. The van der Waals surface area contributed by atoms with E-state index in [1.165, 1.54) is 6.07 Å². The molecule has 1 aromatic heterocycles. The van der Waals surface area contributed by atoms with Crippen LogP contribution in [0.2, 0.25) is 0 Å². The van der Waals surface area contributed by atoms with Crippen LogP contribution in [-0.4, -0.2) is 27.3 Å². The third kappa shape index (κ3) is 3.65. The Morgan fingerprint density at radius 2 is 1.86 bits per heavy atom. The highest BCUT2D eigenvalue weighted by molar-refractivity contribution is 9.10. The van der Waals surface area contributed by atoms with E-state index >= 15 is 8.78 Å². The number of fused-ring (bicyclic) bond motifs is 3. The minimum Gasteiger partial charge on any atom is -0.340 e. The molecule has 3 aliphatic rings. The molecule has 1 saturated carbocycles. The molecule has 1 N–H and O–H groups in total. The molecule has 1 saturated heterocycles. The van der Waals surface area contributed by atoms with Crippen LogP contribution in [-0.2, 0) is 10.7 Å². The molecule has 1 amide bonds. The Hall–Kier alpha value is -2.54. The number of hydrogen-bond acceptors (Lipinski definition) is 2. The van der Waals surface area contributed by atoms with Crippen LogP contribution in [0.5, 0.6) is 0 Å². The van der Waals surface area contributed by atoms with E-state index in [1.54, 1.807) is 30.5 Å². The minimum absolute atomic E-state index is 0.00329. The van der Waals surface area contributed by atoms with Gasteiger partial charge >= 0.3 is 0 Å². The number of alkyl halides is 2. The van der Waals surface area contributed by atoms with Gasteiger partial charge in [-0.15, -0.1) is 0 Å². The molecule has 6 rings (SSSR count). The summed E-state index contributed by atoms with van der Waals surface area (Å²) >= 11 is 3.32. The zero-order valence-electron chi connectivity index (χ0n) is 20.7. The first kappa shape index (κ1) is 23.8. The van der Waals surface area contributed by atoms with Gasteiger partial charge in [0.15, 0.2) is 0 Å². The molecule has 7 heteroatoms. The summed E-state index contributed by atoms with van der Waals surface area (Å²) in [5.41, 5.74) is 2.76. The summed E-state index contributed by atoms with van der Waals surface area (Å²) < 4.78 is 31.4. The molecule has 2 fully saturated rings. The minimum atomic E-state index is -3.06. The predicted molar refractivity (Wildman–Crippen MR) is 140 cm³/mol. The molecule has 1 spiro atoms. The lowest BCUT2D eigenvalue weighted by Gasteiger charge is -2.29. The number of benzene rings is 2. The normalized spacial score (nSPS) is 21.6. The van der Waals surface area contributed by atoms with Gasteiger partial charge in [-0.2, -0.15) is 8.78 Å². The summed E-state index contributed by atoms with van der Waals surface area (Å²) in [7, 11) is 0. The van der Waals surface area contributed by atoms with Crippen molar-refractivity contribution in [2.24, 2.45) is 17.3 Å². The number of amides is 1. The Balaban J connectivity index is 1.32. The van der Waals surface area contributed by atoms with Crippen LogP contribution in [0.15, 0.2) is 47.1 Å². The van der Waals surface area contributed by atoms with Gasteiger partial charge in [0.1, 0.15) is 5.82 Å². The number of nitrogens with zero attached hydrogens (tertiary/aromatic N) is 2. The van der Waals surface area contributed by atoms with Crippen molar-refractivity contribution in [3.05, 3.63) is 64.0 Å². The van der Waals surface area contributed by atoms with E-state index in [4.69, 9.17) is 0 Å². The van der Waals surface area contributed by atoms with Crippen molar-refractivity contribution in [3.8, 4) is 22.4 Å². The molecule has 188 valence electrons. The molecule has 4 nitrogen and oxygen atoms in total. The zero-order valence-corrected chi connectivity index (χ0v) is 22.3. The van der Waals surface area contributed by atoms with E-state index in [2.05, 4.69) is 46.7 Å². The molecule has 2 heterocycles. The molecule has 36 heavy (non-hydrogen) atoms. The van der Waals surface area contributed by atoms with Crippen molar-refractivity contribution >= 4 is 21.8 Å². The first-order chi connectivity index (χ1) is 17.1. The second-order valence-electron chi connectivity index (χ2n) is 11.2. The van der Waals surface area contributed by atoms with Gasteiger partial charge in [-0.1, -0.05) is 54.9 Å². The SMILES string of the molecule is CC[C@H](C(=O)N1CC2(CC2)C[C@H]1c1ncc(-c2ccc3c(c2)C(F)(F)c2cc(Br)ccc2-3)[nH]1)C(C)C. The van der Waals surface area contributed by atoms with Crippen LogP contribution in [0, 0.1) is 17.3 Å². The van der Waals surface area contributed by atoms with Crippen molar-refractivity contribution in [3.63, 3.8) is 0 Å². The van der Waals surface area contributed by atoms with Gasteiger partial charge in [0.2, 0.25) is 5.91 Å². The zero-order chi connectivity index (χ0) is 25.4. The summed E-state index contributed by atoms with van der Waals surface area (Å²) in [6.45, 7) is 7.08. The molecule has 0 bridgehead atoms. The Bertz CT molecular complexity index is 1360. The number of likely N-dealkylation sites (tertiary alicyclic amines) is 1. The Kier molecular flexibility index (Phi) is 5.45. The van der Waals surface area contributed by atoms with E-state index in [1.807, 2.05) is 11.0 Å². The smallest absolute Gasteiger partial charge is 0.299 e. The maximum absolute atomic E-state index is 15.4. The van der Waals surface area contributed by atoms with E-state index in [9.17, 15) is 4.79 Å². The Labute approximate surface area is 218 Å². The lowest BCUT2D eigenvalue weighted by atomic mass is 9.91. The van der Waals surface area contributed by atoms with Gasteiger partial charge in [0, 0.05) is 33.6 Å². The number of nitrogens with one attached hydrogen (secondary N) is 1. The summed E-state index contributed by atoms with van der Waals surface area (Å²) in [5.74, 6) is -1.83. The highest BCUT2D eigenvalue weighted by Crippen LogP contribution is 2.59.